The smallest absolute Gasteiger partial charge is 0.141 e. The molecule has 2 rings (SSSR count). The first-order valence-electron chi connectivity index (χ1n) is 8.50. The van der Waals surface area contributed by atoms with Crippen molar-refractivity contribution >= 4 is 60.5 Å². The second-order valence-corrected chi connectivity index (χ2v) is 5.78. The third kappa shape index (κ3) is 11.8. The van der Waals surface area contributed by atoms with Crippen molar-refractivity contribution in [2.75, 3.05) is 26.2 Å². The van der Waals surface area contributed by atoms with Crippen molar-refractivity contribution < 1.29 is 5.11 Å². The molecule has 0 unspecified atom stereocenters. The van der Waals surface area contributed by atoms with Gasteiger partial charge in [-0.1, -0.05) is 18.2 Å². The zero-order valence-corrected chi connectivity index (χ0v) is 18.6. The van der Waals surface area contributed by atoms with Crippen LogP contribution >= 0.6 is 49.6 Å². The Morgan fingerprint density at radius 3 is 2.11 bits per heavy atom. The zero-order chi connectivity index (χ0) is 16.3. The summed E-state index contributed by atoms with van der Waals surface area (Å²) in [6, 6.07) is 9.48. The maximum atomic E-state index is 9.84. The Hall–Kier alpha value is -0.530. The minimum Gasteiger partial charge on any atom is -0.506 e. The molecule has 1 aromatic heterocycles. The van der Waals surface area contributed by atoms with Gasteiger partial charge in [-0.15, -0.1) is 49.6 Å². The Morgan fingerprint density at radius 2 is 1.44 bits per heavy atom. The molecule has 158 valence electrons. The molecule has 0 aliphatic rings. The number of hydrogen-bond donors (Lipinski definition) is 4. The van der Waals surface area contributed by atoms with Crippen molar-refractivity contribution in [1.82, 2.24) is 15.6 Å². The number of pyridine rings is 1. The Bertz CT molecular complexity index is 605. The van der Waals surface area contributed by atoms with E-state index in [9.17, 15) is 5.11 Å². The molecule has 0 bridgehead atoms. The van der Waals surface area contributed by atoms with Crippen LogP contribution in [0.15, 0.2) is 30.3 Å². The predicted molar refractivity (Wildman–Crippen MR) is 124 cm³/mol. The van der Waals surface area contributed by atoms with E-state index in [1.54, 1.807) is 6.07 Å². The van der Waals surface area contributed by atoms with Crippen molar-refractivity contribution in [3.8, 4) is 5.75 Å². The molecule has 27 heavy (non-hydrogen) atoms. The highest BCUT2D eigenvalue weighted by atomic mass is 35.5. The average molecular weight is 462 g/mol. The van der Waals surface area contributed by atoms with E-state index in [2.05, 4.69) is 15.6 Å². The number of aromatic nitrogens is 1. The first-order valence-corrected chi connectivity index (χ1v) is 8.50. The van der Waals surface area contributed by atoms with Crippen molar-refractivity contribution in [2.24, 2.45) is 5.73 Å². The standard InChI is InChI=1S/C18H28N4O.4ClH/c19-10-1-2-11-20-12-3-4-13-21-14-16-9-8-15-6-5-7-17(23)18(15)22-16;;;;/h5-9,20-21,23H,1-4,10-14,19H2;4*1H. The van der Waals surface area contributed by atoms with E-state index in [1.807, 2.05) is 24.3 Å². The minimum atomic E-state index is 0. The van der Waals surface area contributed by atoms with Gasteiger partial charge in [-0.2, -0.15) is 0 Å². The van der Waals surface area contributed by atoms with Crippen LogP contribution in [0, 0.1) is 0 Å². The summed E-state index contributed by atoms with van der Waals surface area (Å²) in [5.74, 6) is 0.241. The molecule has 0 spiro atoms. The number of halogens is 4. The summed E-state index contributed by atoms with van der Waals surface area (Å²) in [6.07, 6.45) is 4.57. The fourth-order valence-corrected chi connectivity index (χ4v) is 2.51. The molecule has 0 amide bonds. The monoisotopic (exact) mass is 460 g/mol. The highest BCUT2D eigenvalue weighted by Crippen LogP contribution is 2.22. The maximum Gasteiger partial charge on any atom is 0.141 e. The van der Waals surface area contributed by atoms with Crippen LogP contribution in [-0.4, -0.2) is 36.3 Å². The number of para-hydroxylation sites is 1. The molecule has 2 aromatic rings. The number of nitrogens with two attached hydrogens (primary N) is 1. The Morgan fingerprint density at radius 1 is 0.815 bits per heavy atom. The van der Waals surface area contributed by atoms with Crippen LogP contribution < -0.4 is 16.4 Å². The van der Waals surface area contributed by atoms with Gasteiger partial charge < -0.3 is 21.5 Å². The van der Waals surface area contributed by atoms with Crippen LogP contribution in [-0.2, 0) is 6.54 Å². The molecule has 1 heterocycles. The van der Waals surface area contributed by atoms with E-state index < -0.39 is 0 Å². The van der Waals surface area contributed by atoms with Crippen LogP contribution in [0.25, 0.3) is 10.9 Å². The number of rotatable bonds is 11. The number of hydrogen-bond acceptors (Lipinski definition) is 5. The van der Waals surface area contributed by atoms with Gasteiger partial charge in [-0.3, -0.25) is 0 Å². The first kappa shape index (κ1) is 31.2. The van der Waals surface area contributed by atoms with Crippen LogP contribution in [0.2, 0.25) is 0 Å². The summed E-state index contributed by atoms with van der Waals surface area (Å²) in [6.45, 7) is 4.62. The second kappa shape index (κ2) is 18.8. The van der Waals surface area contributed by atoms with E-state index in [1.165, 1.54) is 6.42 Å². The van der Waals surface area contributed by atoms with Crippen LogP contribution in [0.4, 0.5) is 0 Å². The molecule has 0 radical (unpaired) electrons. The molecule has 0 aliphatic carbocycles. The molecule has 0 fully saturated rings. The molecular weight excluding hydrogens is 430 g/mol. The van der Waals surface area contributed by atoms with Gasteiger partial charge in [-0.05, 0) is 64.0 Å². The summed E-state index contributed by atoms with van der Waals surface area (Å²) in [5.41, 5.74) is 7.09. The SMILES string of the molecule is Cl.Cl.Cl.Cl.NCCCCNCCCCNCc1ccc2cccc(O)c2n1. The normalized spacial score (nSPS) is 9.52. The van der Waals surface area contributed by atoms with Gasteiger partial charge in [0.2, 0.25) is 0 Å². The van der Waals surface area contributed by atoms with E-state index in [4.69, 9.17) is 5.73 Å². The second-order valence-electron chi connectivity index (χ2n) is 5.78. The fraction of sp³-hybridized carbons (Fsp3) is 0.500. The summed E-state index contributed by atoms with van der Waals surface area (Å²) in [5, 5.41) is 17.7. The molecule has 5 nitrogen and oxygen atoms in total. The Kier molecular flexibility index (Phi) is 21.7. The summed E-state index contributed by atoms with van der Waals surface area (Å²) < 4.78 is 0. The van der Waals surface area contributed by atoms with Gasteiger partial charge in [0.1, 0.15) is 11.3 Å². The Balaban J connectivity index is -0.00000144. The van der Waals surface area contributed by atoms with Gasteiger partial charge >= 0.3 is 0 Å². The molecule has 0 atom stereocenters. The van der Waals surface area contributed by atoms with Crippen LogP contribution in [0.5, 0.6) is 5.75 Å². The quantitative estimate of drug-likeness (QED) is 0.382. The van der Waals surface area contributed by atoms with E-state index in [0.29, 0.717) is 5.52 Å². The number of nitrogens with one attached hydrogen (secondary N) is 2. The lowest BCUT2D eigenvalue weighted by Crippen LogP contribution is -2.20. The summed E-state index contributed by atoms with van der Waals surface area (Å²) in [7, 11) is 0. The zero-order valence-electron chi connectivity index (χ0n) is 15.4. The number of phenolic OH excluding ortho intramolecular Hbond substituents is 1. The van der Waals surface area contributed by atoms with Crippen molar-refractivity contribution in [3.63, 3.8) is 0 Å². The third-order valence-electron chi connectivity index (χ3n) is 3.83. The fourth-order valence-electron chi connectivity index (χ4n) is 2.51. The lowest BCUT2D eigenvalue weighted by atomic mass is 10.2. The number of nitrogens with zero attached hydrogens (tertiary/aromatic N) is 1. The van der Waals surface area contributed by atoms with Crippen molar-refractivity contribution in [1.29, 1.82) is 0 Å². The topological polar surface area (TPSA) is 83.2 Å². The molecule has 5 N–H and O–H groups in total. The van der Waals surface area contributed by atoms with Gasteiger partial charge in [0.25, 0.3) is 0 Å². The highest BCUT2D eigenvalue weighted by molar-refractivity contribution is 5.86. The van der Waals surface area contributed by atoms with Crippen LogP contribution in [0.3, 0.4) is 0 Å². The van der Waals surface area contributed by atoms with E-state index in [-0.39, 0.29) is 55.4 Å². The molecule has 0 aliphatic heterocycles. The summed E-state index contributed by atoms with van der Waals surface area (Å²) in [4.78, 5) is 4.52. The van der Waals surface area contributed by atoms with Crippen molar-refractivity contribution in [3.05, 3.63) is 36.0 Å². The predicted octanol–water partition coefficient (Wildman–Crippen LogP) is 3.83. The third-order valence-corrected chi connectivity index (χ3v) is 3.83. The Labute approximate surface area is 186 Å². The number of aromatic hydroxyl groups is 1. The number of unbranched alkanes of at least 4 members (excludes halogenated alkanes) is 2. The molecule has 1 aromatic carbocycles. The largest absolute Gasteiger partial charge is 0.506 e. The lowest BCUT2D eigenvalue weighted by Gasteiger charge is -2.07. The molecule has 9 heteroatoms. The van der Waals surface area contributed by atoms with Gasteiger partial charge in [0.05, 0.1) is 5.69 Å². The van der Waals surface area contributed by atoms with E-state index in [0.717, 1.165) is 63.1 Å². The lowest BCUT2D eigenvalue weighted by molar-refractivity contribution is 0.480. The maximum absolute atomic E-state index is 9.84. The highest BCUT2D eigenvalue weighted by Gasteiger charge is 2.02. The summed E-state index contributed by atoms with van der Waals surface area (Å²) >= 11 is 0. The molecule has 0 saturated carbocycles. The molecule has 0 saturated heterocycles. The number of benzene rings is 1. The van der Waals surface area contributed by atoms with Gasteiger partial charge in [-0.25, -0.2) is 4.98 Å². The van der Waals surface area contributed by atoms with Crippen molar-refractivity contribution in [2.45, 2.75) is 32.2 Å². The average Bonchev–Trinajstić information content (AvgIpc) is 2.57. The van der Waals surface area contributed by atoms with E-state index >= 15 is 0 Å². The minimum absolute atomic E-state index is 0. The van der Waals surface area contributed by atoms with Crippen LogP contribution in [0.1, 0.15) is 31.4 Å². The molecular formula is C18H32Cl4N4O. The van der Waals surface area contributed by atoms with Gasteiger partial charge in [0.15, 0.2) is 0 Å². The first-order chi connectivity index (χ1) is 11.3. The number of phenols is 1. The van der Waals surface area contributed by atoms with Gasteiger partial charge in [0, 0.05) is 11.9 Å². The number of fused-ring (bicyclic) bond motifs is 1.